The maximum Gasteiger partial charge on any atom is 0.270 e. The number of piperazine rings is 1. The van der Waals surface area contributed by atoms with Gasteiger partial charge in [-0.2, -0.15) is 0 Å². The number of anilines is 1. The number of hydrogen-bond donors (Lipinski definition) is 1. The summed E-state index contributed by atoms with van der Waals surface area (Å²) in [6.07, 6.45) is 0. The third-order valence-corrected chi connectivity index (χ3v) is 3.56. The average molecular weight is 272 g/mol. The van der Waals surface area contributed by atoms with Crippen molar-refractivity contribution >= 4 is 22.4 Å². The molecule has 1 fully saturated rings. The van der Waals surface area contributed by atoms with Crippen LogP contribution in [0, 0.1) is 10.1 Å². The highest BCUT2D eigenvalue weighted by Crippen LogP contribution is 2.23. The Morgan fingerprint density at radius 1 is 1.40 bits per heavy atom. The van der Waals surface area contributed by atoms with Crippen molar-refractivity contribution in [3.05, 3.63) is 40.4 Å². The van der Waals surface area contributed by atoms with Crippen LogP contribution in [0.5, 0.6) is 0 Å². The Kier molecular flexibility index (Phi) is 3.23. The molecule has 1 N–H and O–H groups in total. The minimum atomic E-state index is -0.384. The van der Waals surface area contributed by atoms with Crippen LogP contribution < -0.4 is 10.2 Å². The highest BCUT2D eigenvalue weighted by Gasteiger charge is 2.17. The smallest absolute Gasteiger partial charge is 0.270 e. The summed E-state index contributed by atoms with van der Waals surface area (Å²) in [5.41, 5.74) is 0.891. The van der Waals surface area contributed by atoms with Crippen molar-refractivity contribution in [2.45, 2.75) is 13.0 Å². The molecule has 1 atom stereocenters. The largest absolute Gasteiger partial charge is 0.354 e. The summed E-state index contributed by atoms with van der Waals surface area (Å²) in [7, 11) is 0. The highest BCUT2D eigenvalue weighted by molar-refractivity contribution is 5.82. The number of rotatable bonds is 2. The summed E-state index contributed by atoms with van der Waals surface area (Å²) in [6, 6.07) is 9.05. The third kappa shape index (κ3) is 2.42. The summed E-state index contributed by atoms with van der Waals surface area (Å²) < 4.78 is 0. The van der Waals surface area contributed by atoms with Crippen molar-refractivity contribution in [1.82, 2.24) is 10.3 Å². The summed E-state index contributed by atoms with van der Waals surface area (Å²) in [5, 5.41) is 15.0. The molecule has 1 aliphatic heterocycles. The Hall–Kier alpha value is -2.21. The molecule has 0 amide bonds. The predicted octanol–water partition coefficient (Wildman–Crippen LogP) is 1.94. The fourth-order valence-corrected chi connectivity index (χ4v) is 2.53. The molecular weight excluding hydrogens is 256 g/mol. The average Bonchev–Trinajstić information content (AvgIpc) is 2.46. The van der Waals surface area contributed by atoms with Gasteiger partial charge in [0.15, 0.2) is 0 Å². The summed E-state index contributed by atoms with van der Waals surface area (Å²) >= 11 is 0. The van der Waals surface area contributed by atoms with Gasteiger partial charge in [0, 0.05) is 43.2 Å². The third-order valence-electron chi connectivity index (χ3n) is 3.56. The van der Waals surface area contributed by atoms with Gasteiger partial charge < -0.3 is 10.2 Å². The number of fused-ring (bicyclic) bond motifs is 1. The molecule has 6 heteroatoms. The lowest BCUT2D eigenvalue weighted by molar-refractivity contribution is -0.384. The van der Waals surface area contributed by atoms with Gasteiger partial charge in [0.1, 0.15) is 5.82 Å². The minimum Gasteiger partial charge on any atom is -0.354 e. The lowest BCUT2D eigenvalue weighted by atomic mass is 10.2. The SMILES string of the molecule is CC1CN(c2ccc3cc([N+](=O)[O-])ccc3n2)CCN1. The van der Waals surface area contributed by atoms with E-state index in [4.69, 9.17) is 0 Å². The molecule has 0 bridgehead atoms. The number of nitro benzene ring substituents is 1. The van der Waals surface area contributed by atoms with Gasteiger partial charge >= 0.3 is 0 Å². The van der Waals surface area contributed by atoms with Crippen molar-refractivity contribution in [3.8, 4) is 0 Å². The molecule has 0 spiro atoms. The monoisotopic (exact) mass is 272 g/mol. The molecule has 0 radical (unpaired) electrons. The molecule has 2 aromatic rings. The second-order valence-electron chi connectivity index (χ2n) is 5.10. The molecule has 1 aliphatic rings. The number of pyridine rings is 1. The van der Waals surface area contributed by atoms with Gasteiger partial charge in [0.25, 0.3) is 5.69 Å². The molecule has 6 nitrogen and oxygen atoms in total. The van der Waals surface area contributed by atoms with Gasteiger partial charge in [-0.1, -0.05) is 0 Å². The first-order chi connectivity index (χ1) is 9.63. The molecular formula is C14H16N4O2. The Bertz CT molecular complexity index is 659. The molecule has 1 unspecified atom stereocenters. The summed E-state index contributed by atoms with van der Waals surface area (Å²) in [5.74, 6) is 0.930. The molecule has 1 aromatic carbocycles. The van der Waals surface area contributed by atoms with E-state index in [-0.39, 0.29) is 10.6 Å². The van der Waals surface area contributed by atoms with Gasteiger partial charge in [-0.25, -0.2) is 4.98 Å². The van der Waals surface area contributed by atoms with Crippen molar-refractivity contribution in [2.24, 2.45) is 0 Å². The number of nitro groups is 1. The lowest BCUT2D eigenvalue weighted by Crippen LogP contribution is -2.49. The van der Waals surface area contributed by atoms with Gasteiger partial charge in [0.05, 0.1) is 10.4 Å². The Labute approximate surface area is 116 Å². The first-order valence-electron chi connectivity index (χ1n) is 6.67. The van der Waals surface area contributed by atoms with Gasteiger partial charge in [0.2, 0.25) is 0 Å². The van der Waals surface area contributed by atoms with Crippen molar-refractivity contribution < 1.29 is 4.92 Å². The van der Waals surface area contributed by atoms with Gasteiger partial charge in [-0.3, -0.25) is 10.1 Å². The molecule has 1 saturated heterocycles. The Morgan fingerprint density at radius 3 is 3.00 bits per heavy atom. The molecule has 104 valence electrons. The maximum atomic E-state index is 10.8. The van der Waals surface area contributed by atoms with Crippen molar-refractivity contribution in [1.29, 1.82) is 0 Å². The van der Waals surface area contributed by atoms with Crippen LogP contribution in [0.3, 0.4) is 0 Å². The van der Waals surface area contributed by atoms with Crippen LogP contribution in [0.2, 0.25) is 0 Å². The van der Waals surface area contributed by atoms with E-state index in [2.05, 4.69) is 22.1 Å². The van der Waals surface area contributed by atoms with Crippen LogP contribution >= 0.6 is 0 Å². The first-order valence-corrected chi connectivity index (χ1v) is 6.67. The fraction of sp³-hybridized carbons (Fsp3) is 0.357. The van der Waals surface area contributed by atoms with Crippen LogP contribution in [-0.2, 0) is 0 Å². The van der Waals surface area contributed by atoms with Crippen LogP contribution in [0.15, 0.2) is 30.3 Å². The van der Waals surface area contributed by atoms with E-state index in [0.717, 1.165) is 36.4 Å². The zero-order valence-corrected chi connectivity index (χ0v) is 11.2. The number of nitrogens with zero attached hydrogens (tertiary/aromatic N) is 3. The first kappa shape index (κ1) is 12.8. The number of hydrogen-bond acceptors (Lipinski definition) is 5. The number of non-ortho nitro benzene ring substituents is 1. The predicted molar refractivity (Wildman–Crippen MR) is 78.1 cm³/mol. The number of nitrogens with one attached hydrogen (secondary N) is 1. The Balaban J connectivity index is 1.94. The lowest BCUT2D eigenvalue weighted by Gasteiger charge is -2.32. The molecule has 20 heavy (non-hydrogen) atoms. The molecule has 1 aromatic heterocycles. The number of benzene rings is 1. The van der Waals surface area contributed by atoms with E-state index in [0.29, 0.717) is 6.04 Å². The van der Waals surface area contributed by atoms with E-state index in [1.807, 2.05) is 12.1 Å². The second-order valence-corrected chi connectivity index (χ2v) is 5.10. The maximum absolute atomic E-state index is 10.8. The van der Waals surface area contributed by atoms with E-state index in [1.165, 1.54) is 6.07 Å². The topological polar surface area (TPSA) is 71.3 Å². The molecule has 0 aliphatic carbocycles. The Morgan fingerprint density at radius 2 is 2.25 bits per heavy atom. The second kappa shape index (κ2) is 5.05. The van der Waals surface area contributed by atoms with E-state index < -0.39 is 0 Å². The van der Waals surface area contributed by atoms with Gasteiger partial charge in [-0.05, 0) is 25.1 Å². The zero-order valence-electron chi connectivity index (χ0n) is 11.2. The van der Waals surface area contributed by atoms with Crippen molar-refractivity contribution in [2.75, 3.05) is 24.5 Å². The fourth-order valence-electron chi connectivity index (χ4n) is 2.53. The van der Waals surface area contributed by atoms with E-state index >= 15 is 0 Å². The quantitative estimate of drug-likeness (QED) is 0.668. The molecule has 3 rings (SSSR count). The van der Waals surface area contributed by atoms with Crippen LogP contribution in [0.4, 0.5) is 11.5 Å². The summed E-state index contributed by atoms with van der Waals surface area (Å²) in [6.45, 7) is 4.94. The highest BCUT2D eigenvalue weighted by atomic mass is 16.6. The molecule has 2 heterocycles. The normalized spacial score (nSPS) is 19.2. The van der Waals surface area contributed by atoms with Crippen molar-refractivity contribution in [3.63, 3.8) is 0 Å². The standard InChI is InChI=1S/C14H16N4O2/c1-10-9-17(7-6-15-10)14-5-2-11-8-12(18(19)20)3-4-13(11)16-14/h2-5,8,10,15H,6-7,9H2,1H3. The van der Waals surface area contributed by atoms with Crippen LogP contribution in [-0.4, -0.2) is 35.6 Å². The number of aromatic nitrogens is 1. The van der Waals surface area contributed by atoms with E-state index in [1.54, 1.807) is 12.1 Å². The van der Waals surface area contributed by atoms with Crippen LogP contribution in [0.1, 0.15) is 6.92 Å². The van der Waals surface area contributed by atoms with Gasteiger partial charge in [-0.15, -0.1) is 0 Å². The zero-order chi connectivity index (χ0) is 14.1. The minimum absolute atomic E-state index is 0.0999. The van der Waals surface area contributed by atoms with E-state index in [9.17, 15) is 10.1 Å². The molecule has 0 saturated carbocycles. The van der Waals surface area contributed by atoms with Crippen LogP contribution in [0.25, 0.3) is 10.9 Å². The summed E-state index contributed by atoms with van der Waals surface area (Å²) in [4.78, 5) is 17.2.